The second-order valence-electron chi connectivity index (χ2n) is 7.97. The van der Waals surface area contributed by atoms with Crippen molar-refractivity contribution in [3.63, 3.8) is 0 Å². The Balaban J connectivity index is 1.48. The lowest BCUT2D eigenvalue weighted by atomic mass is 9.95. The highest BCUT2D eigenvalue weighted by atomic mass is 16.3. The van der Waals surface area contributed by atoms with E-state index >= 15 is 0 Å². The Labute approximate surface area is 180 Å². The summed E-state index contributed by atoms with van der Waals surface area (Å²) in [6, 6.07) is 13.2. The third kappa shape index (κ3) is 3.69. The highest BCUT2D eigenvalue weighted by Crippen LogP contribution is 2.32. The van der Waals surface area contributed by atoms with Crippen molar-refractivity contribution < 1.29 is 18.8 Å². The molecular formula is C23H26N4O4. The first-order valence-electron chi connectivity index (χ1n) is 10.3. The molecular weight excluding hydrogens is 396 g/mol. The molecule has 0 bridgehead atoms. The van der Waals surface area contributed by atoms with Crippen LogP contribution in [0.2, 0.25) is 0 Å². The van der Waals surface area contributed by atoms with Gasteiger partial charge in [0.2, 0.25) is 11.8 Å². The molecule has 2 aromatic heterocycles. The number of rotatable bonds is 6. The molecule has 1 aliphatic rings. The first-order chi connectivity index (χ1) is 14.8. The maximum absolute atomic E-state index is 13.2. The highest BCUT2D eigenvalue weighted by Gasteiger charge is 2.46. The number of nitrogens with zero attached hydrogens (tertiary/aromatic N) is 2. The van der Waals surface area contributed by atoms with Gasteiger partial charge in [0.05, 0.1) is 19.6 Å². The third-order valence-electron chi connectivity index (χ3n) is 5.81. The van der Waals surface area contributed by atoms with Crippen LogP contribution >= 0.6 is 0 Å². The van der Waals surface area contributed by atoms with Crippen molar-refractivity contribution in [1.29, 1.82) is 0 Å². The zero-order chi connectivity index (χ0) is 22.2. The Morgan fingerprint density at radius 2 is 1.94 bits per heavy atom. The van der Waals surface area contributed by atoms with Gasteiger partial charge < -0.3 is 24.5 Å². The monoisotopic (exact) mass is 422 g/mol. The molecule has 3 aromatic rings. The van der Waals surface area contributed by atoms with Crippen LogP contribution in [0.1, 0.15) is 35.9 Å². The summed E-state index contributed by atoms with van der Waals surface area (Å²) >= 11 is 0. The van der Waals surface area contributed by atoms with Gasteiger partial charge in [-0.3, -0.25) is 14.4 Å². The van der Waals surface area contributed by atoms with Crippen LogP contribution in [0.25, 0.3) is 10.9 Å². The van der Waals surface area contributed by atoms with Gasteiger partial charge in [-0.15, -0.1) is 0 Å². The number of amides is 3. The zero-order valence-corrected chi connectivity index (χ0v) is 17.9. The Morgan fingerprint density at radius 3 is 2.65 bits per heavy atom. The fraction of sp³-hybridized carbons (Fsp3) is 0.348. The molecule has 1 aliphatic heterocycles. The van der Waals surface area contributed by atoms with E-state index in [-0.39, 0.29) is 30.8 Å². The lowest BCUT2D eigenvalue weighted by molar-refractivity contribution is -0.134. The van der Waals surface area contributed by atoms with Gasteiger partial charge in [-0.25, -0.2) is 0 Å². The van der Waals surface area contributed by atoms with Crippen LogP contribution < -0.4 is 10.6 Å². The molecule has 0 spiro atoms. The molecule has 0 saturated heterocycles. The van der Waals surface area contributed by atoms with Crippen LogP contribution in [0, 0.1) is 6.92 Å². The van der Waals surface area contributed by atoms with Gasteiger partial charge in [0.25, 0.3) is 5.91 Å². The minimum Gasteiger partial charge on any atom is -0.465 e. The number of hydrogen-bond donors (Lipinski definition) is 2. The third-order valence-corrected chi connectivity index (χ3v) is 5.81. The largest absolute Gasteiger partial charge is 0.465 e. The first kappa shape index (κ1) is 20.7. The number of aryl methyl sites for hydroxylation is 1. The van der Waals surface area contributed by atoms with E-state index in [9.17, 15) is 14.4 Å². The number of benzene rings is 1. The number of fused-ring (bicyclic) bond motifs is 3. The maximum atomic E-state index is 13.2. The quantitative estimate of drug-likeness (QED) is 0.637. The summed E-state index contributed by atoms with van der Waals surface area (Å²) in [6.07, 6.45) is 0. The fourth-order valence-electron chi connectivity index (χ4n) is 4.18. The predicted molar refractivity (Wildman–Crippen MR) is 115 cm³/mol. The molecule has 8 nitrogen and oxygen atoms in total. The number of para-hydroxylation sites is 1. The smallest absolute Gasteiger partial charge is 0.271 e. The molecule has 3 heterocycles. The lowest BCUT2D eigenvalue weighted by Crippen LogP contribution is -2.64. The van der Waals surface area contributed by atoms with Crippen molar-refractivity contribution in [3.8, 4) is 0 Å². The summed E-state index contributed by atoms with van der Waals surface area (Å²) < 4.78 is 7.31. The molecule has 4 rings (SSSR count). The second-order valence-corrected chi connectivity index (χ2v) is 7.97. The van der Waals surface area contributed by atoms with Gasteiger partial charge in [0, 0.05) is 17.4 Å². The second kappa shape index (κ2) is 7.94. The summed E-state index contributed by atoms with van der Waals surface area (Å²) in [6.45, 7) is 6.18. The predicted octanol–water partition coefficient (Wildman–Crippen LogP) is 2.21. The van der Waals surface area contributed by atoms with Gasteiger partial charge in [0.1, 0.15) is 22.8 Å². The number of likely N-dealkylation sites (N-methyl/N-ethyl adjacent to an activating group) is 1. The minimum absolute atomic E-state index is 0.181. The maximum Gasteiger partial charge on any atom is 0.271 e. The molecule has 0 saturated carbocycles. The fourth-order valence-corrected chi connectivity index (χ4v) is 4.18. The Bertz CT molecular complexity index is 1160. The van der Waals surface area contributed by atoms with Gasteiger partial charge in [-0.2, -0.15) is 0 Å². The SMILES string of the molecule is CCN1C(=O)c2cc3ccccc3n2C[C@]1(C)C(=O)NCC(=O)NCc1ccc(C)o1. The number of carbonyl (C=O) groups excluding carboxylic acids is 3. The van der Waals surface area contributed by atoms with E-state index in [0.717, 1.165) is 16.7 Å². The van der Waals surface area contributed by atoms with Gasteiger partial charge in [0.15, 0.2) is 0 Å². The summed E-state index contributed by atoms with van der Waals surface area (Å²) in [5.74, 6) is 0.522. The van der Waals surface area contributed by atoms with Crippen molar-refractivity contribution in [1.82, 2.24) is 20.1 Å². The molecule has 1 aromatic carbocycles. The number of aromatic nitrogens is 1. The molecule has 0 fully saturated rings. The van der Waals surface area contributed by atoms with Crippen molar-refractivity contribution >= 4 is 28.6 Å². The van der Waals surface area contributed by atoms with Gasteiger partial charge in [-0.1, -0.05) is 18.2 Å². The number of carbonyl (C=O) groups is 3. The summed E-state index contributed by atoms with van der Waals surface area (Å²) in [5, 5.41) is 6.38. The Morgan fingerprint density at radius 1 is 1.16 bits per heavy atom. The standard InChI is InChI=1S/C23H26N4O4/c1-4-27-21(29)19-11-16-7-5-6-8-18(16)26(19)14-23(27,3)22(30)25-13-20(28)24-12-17-10-9-15(2)31-17/h5-11H,4,12-14H2,1-3H3,(H,24,28)(H,25,30)/t23-/m1/s1. The molecule has 0 radical (unpaired) electrons. The average molecular weight is 422 g/mol. The van der Waals surface area contributed by atoms with E-state index in [2.05, 4.69) is 10.6 Å². The normalized spacial score (nSPS) is 18.2. The Kier molecular flexibility index (Phi) is 5.31. The molecule has 8 heteroatoms. The van der Waals surface area contributed by atoms with E-state index in [1.807, 2.05) is 54.8 Å². The molecule has 162 valence electrons. The van der Waals surface area contributed by atoms with E-state index < -0.39 is 5.54 Å². The zero-order valence-electron chi connectivity index (χ0n) is 17.9. The van der Waals surface area contributed by atoms with E-state index in [0.29, 0.717) is 24.5 Å². The van der Waals surface area contributed by atoms with Gasteiger partial charge in [-0.05, 0) is 45.0 Å². The van der Waals surface area contributed by atoms with Crippen molar-refractivity contribution in [2.45, 2.75) is 39.4 Å². The average Bonchev–Trinajstić information content (AvgIpc) is 3.34. The highest BCUT2D eigenvalue weighted by molar-refractivity contribution is 6.04. The summed E-state index contributed by atoms with van der Waals surface area (Å²) in [5.41, 5.74) is 0.367. The number of nitrogens with one attached hydrogen (secondary N) is 2. The van der Waals surface area contributed by atoms with Crippen molar-refractivity contribution in [2.24, 2.45) is 0 Å². The number of hydrogen-bond acceptors (Lipinski definition) is 4. The minimum atomic E-state index is -1.11. The molecule has 2 N–H and O–H groups in total. The van der Waals surface area contributed by atoms with Crippen molar-refractivity contribution in [3.05, 3.63) is 59.7 Å². The van der Waals surface area contributed by atoms with Crippen molar-refractivity contribution in [2.75, 3.05) is 13.1 Å². The van der Waals surface area contributed by atoms with Crippen LogP contribution in [0.15, 0.2) is 46.9 Å². The van der Waals surface area contributed by atoms with Crippen LogP contribution in [0.4, 0.5) is 0 Å². The number of furan rings is 1. The van der Waals surface area contributed by atoms with E-state index in [1.54, 1.807) is 17.9 Å². The van der Waals surface area contributed by atoms with Crippen LogP contribution in [-0.2, 0) is 22.7 Å². The van der Waals surface area contributed by atoms with E-state index in [4.69, 9.17) is 4.42 Å². The van der Waals surface area contributed by atoms with Crippen LogP contribution in [0.5, 0.6) is 0 Å². The molecule has 0 unspecified atom stereocenters. The Hall–Kier alpha value is -3.55. The molecule has 3 amide bonds. The molecule has 31 heavy (non-hydrogen) atoms. The topological polar surface area (TPSA) is 96.6 Å². The van der Waals surface area contributed by atoms with E-state index in [1.165, 1.54) is 0 Å². The lowest BCUT2D eigenvalue weighted by Gasteiger charge is -2.43. The summed E-state index contributed by atoms with van der Waals surface area (Å²) in [7, 11) is 0. The molecule has 0 aliphatic carbocycles. The summed E-state index contributed by atoms with van der Waals surface area (Å²) in [4.78, 5) is 40.1. The molecule has 1 atom stereocenters. The van der Waals surface area contributed by atoms with Gasteiger partial charge >= 0.3 is 0 Å². The van der Waals surface area contributed by atoms with Crippen LogP contribution in [0.3, 0.4) is 0 Å². The van der Waals surface area contributed by atoms with Crippen LogP contribution in [-0.4, -0.2) is 45.8 Å². The first-order valence-corrected chi connectivity index (χ1v) is 10.3.